The first kappa shape index (κ1) is 17.7. The Morgan fingerprint density at radius 3 is 2.24 bits per heavy atom. The van der Waals surface area contributed by atoms with E-state index in [2.05, 4.69) is 9.98 Å². The summed E-state index contributed by atoms with van der Waals surface area (Å²) >= 11 is 0. The molecule has 0 aliphatic carbocycles. The molecule has 25 heavy (non-hydrogen) atoms. The summed E-state index contributed by atoms with van der Waals surface area (Å²) in [7, 11) is 0. The zero-order valence-electron chi connectivity index (χ0n) is 13.2. The van der Waals surface area contributed by atoms with Gasteiger partial charge in [0.2, 0.25) is 5.96 Å². The number of nitrogens with two attached hydrogens (primary N) is 3. The molecule has 0 saturated heterocycles. The molecule has 0 aromatic heterocycles. The largest absolute Gasteiger partial charge is 0.481 e. The fraction of sp³-hybridized carbons (Fsp3) is 0.0588. The van der Waals surface area contributed by atoms with Gasteiger partial charge in [0.05, 0.1) is 12.1 Å². The standard InChI is InChI=1S/C17H17N5O3/c18-16(19)22-17(20)21-14-11(9-13(23)24)7-4-8-12(14)15(25)10-5-2-1-3-6-10/h1-8H,9H2,(H,23,24)(H6,18,19,20,21,22). The second-order valence-electron chi connectivity index (χ2n) is 5.09. The maximum atomic E-state index is 12.8. The molecule has 2 rings (SSSR count). The fourth-order valence-electron chi connectivity index (χ4n) is 2.23. The summed E-state index contributed by atoms with van der Waals surface area (Å²) in [6.07, 6.45) is -0.330. The lowest BCUT2D eigenvalue weighted by Crippen LogP contribution is -2.26. The molecule has 0 fully saturated rings. The zero-order valence-corrected chi connectivity index (χ0v) is 13.2. The molecule has 8 nitrogen and oxygen atoms in total. The number of benzene rings is 2. The van der Waals surface area contributed by atoms with Crippen LogP contribution in [0, 0.1) is 0 Å². The van der Waals surface area contributed by atoms with Crippen LogP contribution in [0.25, 0.3) is 0 Å². The van der Waals surface area contributed by atoms with E-state index in [4.69, 9.17) is 22.3 Å². The second kappa shape index (κ2) is 7.73. The third-order valence-corrected chi connectivity index (χ3v) is 3.21. The summed E-state index contributed by atoms with van der Waals surface area (Å²) in [6, 6.07) is 13.2. The Balaban J connectivity index is 2.61. The predicted octanol–water partition coefficient (Wildman–Crippen LogP) is 0.764. The van der Waals surface area contributed by atoms with Gasteiger partial charge in [-0.3, -0.25) is 9.59 Å². The van der Waals surface area contributed by atoms with Crippen LogP contribution in [0.5, 0.6) is 0 Å². The first-order chi connectivity index (χ1) is 11.9. The average Bonchev–Trinajstić information content (AvgIpc) is 2.55. The van der Waals surface area contributed by atoms with E-state index < -0.39 is 5.97 Å². The van der Waals surface area contributed by atoms with Crippen LogP contribution >= 0.6 is 0 Å². The summed E-state index contributed by atoms with van der Waals surface area (Å²) in [5.41, 5.74) is 17.3. The number of carbonyl (C=O) groups excluding carboxylic acids is 1. The molecule has 0 atom stereocenters. The molecular formula is C17H17N5O3. The molecule has 7 N–H and O–H groups in total. The van der Waals surface area contributed by atoms with Crippen LogP contribution in [-0.4, -0.2) is 28.8 Å². The number of hydrogen-bond donors (Lipinski definition) is 4. The Morgan fingerprint density at radius 2 is 1.64 bits per heavy atom. The minimum Gasteiger partial charge on any atom is -0.481 e. The lowest BCUT2D eigenvalue weighted by atomic mass is 9.97. The minimum atomic E-state index is -1.07. The molecule has 2 aromatic rings. The Labute approximate surface area is 143 Å². The molecule has 0 aliphatic heterocycles. The van der Waals surface area contributed by atoms with Crippen molar-refractivity contribution in [1.29, 1.82) is 0 Å². The van der Waals surface area contributed by atoms with E-state index in [1.54, 1.807) is 48.5 Å². The Bertz CT molecular complexity index is 856. The summed E-state index contributed by atoms with van der Waals surface area (Å²) in [6.45, 7) is 0. The molecule has 0 spiro atoms. The van der Waals surface area contributed by atoms with Crippen molar-refractivity contribution in [3.05, 3.63) is 65.2 Å². The van der Waals surface area contributed by atoms with E-state index in [0.717, 1.165) is 0 Å². The van der Waals surface area contributed by atoms with Crippen LogP contribution in [0.2, 0.25) is 0 Å². The van der Waals surface area contributed by atoms with Crippen LogP contribution in [-0.2, 0) is 11.2 Å². The molecule has 8 heteroatoms. The number of carboxylic acid groups (broad SMARTS) is 1. The highest BCUT2D eigenvalue weighted by atomic mass is 16.4. The highest BCUT2D eigenvalue weighted by Crippen LogP contribution is 2.27. The van der Waals surface area contributed by atoms with Gasteiger partial charge in [0, 0.05) is 11.1 Å². The number of para-hydroxylation sites is 1. The number of rotatable bonds is 5. The van der Waals surface area contributed by atoms with Gasteiger partial charge in [-0.1, -0.05) is 42.5 Å². The van der Waals surface area contributed by atoms with Crippen molar-refractivity contribution in [2.24, 2.45) is 27.2 Å². The number of ketones is 1. The van der Waals surface area contributed by atoms with Gasteiger partial charge < -0.3 is 22.3 Å². The summed E-state index contributed by atoms with van der Waals surface area (Å²) < 4.78 is 0. The van der Waals surface area contributed by atoms with Gasteiger partial charge in [-0.05, 0) is 11.6 Å². The van der Waals surface area contributed by atoms with Crippen LogP contribution in [0.4, 0.5) is 5.69 Å². The maximum absolute atomic E-state index is 12.8. The molecule has 0 heterocycles. The average molecular weight is 339 g/mol. The second-order valence-corrected chi connectivity index (χ2v) is 5.09. The molecule has 0 bridgehead atoms. The van der Waals surface area contributed by atoms with E-state index >= 15 is 0 Å². The Hall–Kier alpha value is -3.68. The van der Waals surface area contributed by atoms with Crippen molar-refractivity contribution in [3.8, 4) is 0 Å². The molecule has 0 amide bonds. The number of aliphatic carboxylic acids is 1. The predicted molar refractivity (Wildman–Crippen MR) is 94.7 cm³/mol. The van der Waals surface area contributed by atoms with Gasteiger partial charge in [0.1, 0.15) is 0 Å². The number of hydrogen-bond acceptors (Lipinski definition) is 3. The van der Waals surface area contributed by atoms with Crippen molar-refractivity contribution in [1.82, 2.24) is 0 Å². The topological polar surface area (TPSA) is 157 Å². The first-order valence-corrected chi connectivity index (χ1v) is 7.25. The maximum Gasteiger partial charge on any atom is 0.307 e. The van der Waals surface area contributed by atoms with E-state index in [1.165, 1.54) is 0 Å². The number of carboxylic acids is 1. The SMILES string of the molecule is NC(N)=NC(N)=Nc1c(CC(=O)O)cccc1C(=O)c1ccccc1. The summed E-state index contributed by atoms with van der Waals surface area (Å²) in [5.74, 6) is -1.96. The molecule has 0 radical (unpaired) electrons. The van der Waals surface area contributed by atoms with E-state index in [-0.39, 0.29) is 35.4 Å². The van der Waals surface area contributed by atoms with Gasteiger partial charge in [0.15, 0.2) is 11.7 Å². The molecule has 2 aromatic carbocycles. The van der Waals surface area contributed by atoms with E-state index in [9.17, 15) is 9.59 Å². The lowest BCUT2D eigenvalue weighted by Gasteiger charge is -2.10. The van der Waals surface area contributed by atoms with Gasteiger partial charge >= 0.3 is 5.97 Å². The number of nitrogens with zero attached hydrogens (tertiary/aromatic N) is 2. The molecular weight excluding hydrogens is 322 g/mol. The fourth-order valence-corrected chi connectivity index (χ4v) is 2.23. The van der Waals surface area contributed by atoms with Crippen molar-refractivity contribution >= 4 is 29.4 Å². The molecule has 0 unspecified atom stereocenters. The molecule has 0 saturated carbocycles. The monoisotopic (exact) mass is 339 g/mol. The molecule has 0 aliphatic rings. The van der Waals surface area contributed by atoms with Gasteiger partial charge in [-0.25, -0.2) is 4.99 Å². The van der Waals surface area contributed by atoms with Crippen molar-refractivity contribution < 1.29 is 14.7 Å². The van der Waals surface area contributed by atoms with Crippen LogP contribution in [0.1, 0.15) is 21.5 Å². The third kappa shape index (κ3) is 4.64. The van der Waals surface area contributed by atoms with Crippen LogP contribution in [0.3, 0.4) is 0 Å². The Morgan fingerprint density at radius 1 is 0.960 bits per heavy atom. The highest BCUT2D eigenvalue weighted by Gasteiger charge is 2.18. The quantitative estimate of drug-likeness (QED) is 0.358. The van der Waals surface area contributed by atoms with Crippen LogP contribution < -0.4 is 17.2 Å². The number of carbonyl (C=O) groups is 2. The summed E-state index contributed by atoms with van der Waals surface area (Å²) in [5, 5.41) is 9.09. The lowest BCUT2D eigenvalue weighted by molar-refractivity contribution is -0.136. The number of aliphatic imine (C=N–C) groups is 2. The number of guanidine groups is 2. The minimum absolute atomic E-state index is 0.126. The van der Waals surface area contributed by atoms with E-state index in [1.807, 2.05) is 0 Å². The first-order valence-electron chi connectivity index (χ1n) is 7.25. The van der Waals surface area contributed by atoms with Crippen molar-refractivity contribution in [3.63, 3.8) is 0 Å². The third-order valence-electron chi connectivity index (χ3n) is 3.21. The van der Waals surface area contributed by atoms with Gasteiger partial charge in [-0.15, -0.1) is 0 Å². The highest BCUT2D eigenvalue weighted by molar-refractivity contribution is 6.13. The van der Waals surface area contributed by atoms with Crippen molar-refractivity contribution in [2.75, 3.05) is 0 Å². The summed E-state index contributed by atoms with van der Waals surface area (Å²) in [4.78, 5) is 31.5. The van der Waals surface area contributed by atoms with Crippen LogP contribution in [0.15, 0.2) is 58.5 Å². The zero-order chi connectivity index (χ0) is 18.4. The van der Waals surface area contributed by atoms with Crippen molar-refractivity contribution in [2.45, 2.75) is 6.42 Å². The Kier molecular flexibility index (Phi) is 5.47. The normalized spacial score (nSPS) is 11.0. The molecule has 128 valence electrons. The van der Waals surface area contributed by atoms with Gasteiger partial charge in [0.25, 0.3) is 0 Å². The van der Waals surface area contributed by atoms with E-state index in [0.29, 0.717) is 11.1 Å². The smallest absolute Gasteiger partial charge is 0.307 e. The van der Waals surface area contributed by atoms with Gasteiger partial charge in [-0.2, -0.15) is 4.99 Å².